The normalized spacial score (nSPS) is 12.1. The minimum atomic E-state index is -0.476. The van der Waals surface area contributed by atoms with Crippen molar-refractivity contribution in [1.82, 2.24) is 5.32 Å². The molecule has 5 heteroatoms. The maximum Gasteiger partial charge on any atom is 0.322 e. The summed E-state index contributed by atoms with van der Waals surface area (Å²) in [7, 11) is 1.33. The maximum atomic E-state index is 11.2. The first kappa shape index (κ1) is 12.9. The van der Waals surface area contributed by atoms with Crippen molar-refractivity contribution in [2.24, 2.45) is 5.73 Å². The molecule has 14 heavy (non-hydrogen) atoms. The molecule has 0 rings (SSSR count). The Kier molecular flexibility index (Phi) is 6.74. The summed E-state index contributed by atoms with van der Waals surface area (Å²) < 4.78 is 4.59. The number of unbranched alkanes of at least 4 members (excludes halogenated alkanes) is 1. The Bertz CT molecular complexity index is 194. The molecule has 1 amide bonds. The van der Waals surface area contributed by atoms with Crippen molar-refractivity contribution in [1.29, 1.82) is 0 Å². The van der Waals surface area contributed by atoms with Crippen molar-refractivity contribution in [3.63, 3.8) is 0 Å². The van der Waals surface area contributed by atoms with E-state index in [1.165, 1.54) is 7.11 Å². The van der Waals surface area contributed by atoms with Crippen LogP contribution in [-0.2, 0) is 14.3 Å². The van der Waals surface area contributed by atoms with E-state index in [2.05, 4.69) is 10.1 Å². The summed E-state index contributed by atoms with van der Waals surface area (Å²) in [6, 6.07) is -0.424. The zero-order valence-corrected chi connectivity index (χ0v) is 8.71. The number of ether oxygens (including phenoxy) is 1. The van der Waals surface area contributed by atoms with Crippen molar-refractivity contribution >= 4 is 11.9 Å². The lowest BCUT2D eigenvalue weighted by atomic mass is 10.1. The van der Waals surface area contributed by atoms with E-state index in [1.54, 1.807) is 0 Å². The van der Waals surface area contributed by atoms with E-state index < -0.39 is 11.9 Å². The maximum absolute atomic E-state index is 11.2. The Balaban J connectivity index is 3.96. The average molecular weight is 202 g/mol. The van der Waals surface area contributed by atoms with E-state index in [1.807, 2.05) is 6.92 Å². The summed E-state index contributed by atoms with van der Waals surface area (Å²) in [6.45, 7) is 2.03. The van der Waals surface area contributed by atoms with Gasteiger partial charge in [-0.25, -0.2) is 0 Å². The molecule has 0 aliphatic rings. The molecule has 0 aromatic carbocycles. The number of nitrogens with two attached hydrogens (primary N) is 1. The van der Waals surface area contributed by atoms with Gasteiger partial charge in [-0.1, -0.05) is 19.8 Å². The van der Waals surface area contributed by atoms with Crippen LogP contribution in [0.2, 0.25) is 0 Å². The van der Waals surface area contributed by atoms with E-state index >= 15 is 0 Å². The molecule has 82 valence electrons. The minimum absolute atomic E-state index is 0.00345. The smallest absolute Gasteiger partial charge is 0.322 e. The van der Waals surface area contributed by atoms with Crippen LogP contribution in [0.15, 0.2) is 0 Å². The molecule has 3 N–H and O–H groups in total. The van der Waals surface area contributed by atoms with Crippen molar-refractivity contribution in [3.8, 4) is 0 Å². The number of carbonyl (C=O) groups excluding carboxylic acids is 2. The standard InChI is InChI=1S/C9H18N2O3/c1-3-4-5-7(9(13)14-2)11-6-8(10)12/h7,11H,3-6H2,1-2H3,(H2,10,12). The van der Waals surface area contributed by atoms with Gasteiger partial charge in [0.05, 0.1) is 13.7 Å². The third-order valence-corrected chi connectivity index (χ3v) is 1.85. The largest absolute Gasteiger partial charge is 0.468 e. The molecular formula is C9H18N2O3. The predicted octanol–water partition coefficient (Wildman–Crippen LogP) is -0.207. The van der Waals surface area contributed by atoms with Gasteiger partial charge in [-0.2, -0.15) is 0 Å². The Morgan fingerprint density at radius 2 is 2.14 bits per heavy atom. The number of hydrogen-bond acceptors (Lipinski definition) is 4. The second-order valence-electron chi connectivity index (χ2n) is 3.07. The molecule has 0 heterocycles. The number of methoxy groups -OCH3 is 1. The van der Waals surface area contributed by atoms with Crippen molar-refractivity contribution in [3.05, 3.63) is 0 Å². The van der Waals surface area contributed by atoms with Crippen LogP contribution >= 0.6 is 0 Å². The van der Waals surface area contributed by atoms with E-state index in [0.29, 0.717) is 6.42 Å². The van der Waals surface area contributed by atoms with Gasteiger partial charge in [0, 0.05) is 0 Å². The van der Waals surface area contributed by atoms with Crippen LogP contribution in [0.3, 0.4) is 0 Å². The highest BCUT2D eigenvalue weighted by atomic mass is 16.5. The molecule has 0 bridgehead atoms. The van der Waals surface area contributed by atoms with E-state index in [-0.39, 0.29) is 12.5 Å². The zero-order chi connectivity index (χ0) is 11.0. The third kappa shape index (κ3) is 5.53. The van der Waals surface area contributed by atoms with Gasteiger partial charge < -0.3 is 10.5 Å². The van der Waals surface area contributed by atoms with Crippen LogP contribution in [0, 0.1) is 0 Å². The molecule has 0 fully saturated rings. The van der Waals surface area contributed by atoms with Crippen LogP contribution in [0.1, 0.15) is 26.2 Å². The Morgan fingerprint density at radius 1 is 1.50 bits per heavy atom. The molecule has 0 aliphatic carbocycles. The lowest BCUT2D eigenvalue weighted by Gasteiger charge is -2.14. The molecule has 0 saturated carbocycles. The molecule has 0 spiro atoms. The van der Waals surface area contributed by atoms with E-state index in [0.717, 1.165) is 12.8 Å². The number of primary amides is 1. The number of nitrogens with one attached hydrogen (secondary N) is 1. The van der Waals surface area contributed by atoms with Crippen molar-refractivity contribution < 1.29 is 14.3 Å². The molecule has 0 radical (unpaired) electrons. The SMILES string of the molecule is CCCCC(NCC(N)=O)C(=O)OC. The summed E-state index contributed by atoms with van der Waals surface area (Å²) in [6.07, 6.45) is 2.56. The second-order valence-corrected chi connectivity index (χ2v) is 3.07. The molecule has 5 nitrogen and oxygen atoms in total. The molecular weight excluding hydrogens is 184 g/mol. The molecule has 1 atom stereocenters. The molecule has 1 unspecified atom stereocenters. The Hall–Kier alpha value is -1.10. The van der Waals surface area contributed by atoms with Gasteiger partial charge in [0.2, 0.25) is 5.91 Å². The van der Waals surface area contributed by atoms with Gasteiger partial charge >= 0.3 is 5.97 Å². The fraction of sp³-hybridized carbons (Fsp3) is 0.778. The molecule has 0 aromatic rings. The number of carbonyl (C=O) groups is 2. The Labute approximate surface area is 84.0 Å². The number of amides is 1. The van der Waals surface area contributed by atoms with E-state index in [4.69, 9.17) is 5.73 Å². The van der Waals surface area contributed by atoms with Gasteiger partial charge in [-0.15, -0.1) is 0 Å². The molecule has 0 saturated heterocycles. The topological polar surface area (TPSA) is 81.4 Å². The van der Waals surface area contributed by atoms with Gasteiger partial charge in [-0.3, -0.25) is 14.9 Å². The zero-order valence-electron chi connectivity index (χ0n) is 8.71. The highest BCUT2D eigenvalue weighted by Crippen LogP contribution is 2.01. The fourth-order valence-electron chi connectivity index (χ4n) is 1.08. The fourth-order valence-corrected chi connectivity index (χ4v) is 1.08. The minimum Gasteiger partial charge on any atom is -0.468 e. The number of esters is 1. The lowest BCUT2D eigenvalue weighted by Crippen LogP contribution is -2.42. The average Bonchev–Trinajstić information content (AvgIpc) is 2.16. The number of hydrogen-bond donors (Lipinski definition) is 2. The van der Waals surface area contributed by atoms with E-state index in [9.17, 15) is 9.59 Å². The van der Waals surface area contributed by atoms with Crippen LogP contribution in [0.4, 0.5) is 0 Å². The van der Waals surface area contributed by atoms with Gasteiger partial charge in [0.25, 0.3) is 0 Å². The molecule has 0 aliphatic heterocycles. The van der Waals surface area contributed by atoms with Gasteiger partial charge in [-0.05, 0) is 6.42 Å². The first-order valence-corrected chi connectivity index (χ1v) is 4.71. The van der Waals surface area contributed by atoms with Crippen LogP contribution < -0.4 is 11.1 Å². The summed E-state index contributed by atoms with van der Waals surface area (Å²) in [5.74, 6) is -0.824. The Morgan fingerprint density at radius 3 is 2.57 bits per heavy atom. The van der Waals surface area contributed by atoms with Crippen LogP contribution in [0.5, 0.6) is 0 Å². The molecule has 0 aromatic heterocycles. The quantitative estimate of drug-likeness (QED) is 0.560. The third-order valence-electron chi connectivity index (χ3n) is 1.85. The predicted molar refractivity (Wildman–Crippen MR) is 52.5 cm³/mol. The monoisotopic (exact) mass is 202 g/mol. The van der Waals surface area contributed by atoms with Crippen LogP contribution in [-0.4, -0.2) is 31.6 Å². The first-order chi connectivity index (χ1) is 6.61. The van der Waals surface area contributed by atoms with Gasteiger partial charge in [0.1, 0.15) is 6.04 Å². The second kappa shape index (κ2) is 7.32. The highest BCUT2D eigenvalue weighted by Gasteiger charge is 2.17. The van der Waals surface area contributed by atoms with Gasteiger partial charge in [0.15, 0.2) is 0 Å². The summed E-state index contributed by atoms with van der Waals surface area (Å²) >= 11 is 0. The first-order valence-electron chi connectivity index (χ1n) is 4.71. The summed E-state index contributed by atoms with van der Waals surface area (Å²) in [5, 5.41) is 2.76. The summed E-state index contributed by atoms with van der Waals surface area (Å²) in [4.78, 5) is 21.7. The highest BCUT2D eigenvalue weighted by molar-refractivity contribution is 5.79. The number of rotatable bonds is 7. The lowest BCUT2D eigenvalue weighted by molar-refractivity contribution is -0.143. The van der Waals surface area contributed by atoms with Crippen molar-refractivity contribution in [2.45, 2.75) is 32.2 Å². The summed E-state index contributed by atoms with van der Waals surface area (Å²) in [5.41, 5.74) is 4.96. The van der Waals surface area contributed by atoms with Crippen LogP contribution in [0.25, 0.3) is 0 Å². The van der Waals surface area contributed by atoms with Crippen molar-refractivity contribution in [2.75, 3.05) is 13.7 Å².